The third-order valence-corrected chi connectivity index (χ3v) is 2.91. The summed E-state index contributed by atoms with van der Waals surface area (Å²) in [5.74, 6) is 0.597. The molecule has 0 aromatic carbocycles. The van der Waals surface area contributed by atoms with Gasteiger partial charge in [-0.2, -0.15) is 0 Å². The van der Waals surface area contributed by atoms with Crippen LogP contribution in [0, 0.1) is 5.92 Å². The summed E-state index contributed by atoms with van der Waals surface area (Å²) in [7, 11) is 3.40. The molecule has 0 aromatic rings. The van der Waals surface area contributed by atoms with Crippen LogP contribution in [-0.4, -0.2) is 32.8 Å². The van der Waals surface area contributed by atoms with E-state index in [2.05, 4.69) is 15.4 Å². The second-order valence-electron chi connectivity index (χ2n) is 3.89. The van der Waals surface area contributed by atoms with Crippen molar-refractivity contribution in [1.82, 2.24) is 10.6 Å². The van der Waals surface area contributed by atoms with E-state index in [-0.39, 0.29) is 6.09 Å². The minimum absolute atomic E-state index is 0.323. The number of amides is 1. The molecule has 0 bridgehead atoms. The van der Waals surface area contributed by atoms with Crippen molar-refractivity contribution >= 4 is 6.09 Å². The summed E-state index contributed by atoms with van der Waals surface area (Å²) in [4.78, 5) is 10.9. The first-order chi connectivity index (χ1) is 6.76. The molecule has 4 heteroatoms. The lowest BCUT2D eigenvalue weighted by molar-refractivity contribution is 0.166. The van der Waals surface area contributed by atoms with Gasteiger partial charge in [0.1, 0.15) is 0 Å². The molecule has 2 atom stereocenters. The van der Waals surface area contributed by atoms with Crippen LogP contribution in [0.1, 0.15) is 25.7 Å². The Bertz CT molecular complexity index is 185. The van der Waals surface area contributed by atoms with Crippen LogP contribution >= 0.6 is 0 Å². The topological polar surface area (TPSA) is 50.4 Å². The average Bonchev–Trinajstić information content (AvgIpc) is 2.26. The van der Waals surface area contributed by atoms with Gasteiger partial charge >= 0.3 is 6.09 Å². The summed E-state index contributed by atoms with van der Waals surface area (Å²) in [6.45, 7) is 0.741. The van der Waals surface area contributed by atoms with E-state index in [4.69, 9.17) is 0 Å². The smallest absolute Gasteiger partial charge is 0.406 e. The van der Waals surface area contributed by atoms with Crippen molar-refractivity contribution in [3.8, 4) is 0 Å². The highest BCUT2D eigenvalue weighted by Gasteiger charge is 2.20. The first kappa shape index (κ1) is 11.3. The van der Waals surface area contributed by atoms with E-state index in [1.807, 2.05) is 7.05 Å². The molecule has 2 unspecified atom stereocenters. The Morgan fingerprint density at radius 2 is 2.29 bits per heavy atom. The van der Waals surface area contributed by atoms with Crippen LogP contribution in [0.2, 0.25) is 0 Å². The molecule has 2 N–H and O–H groups in total. The van der Waals surface area contributed by atoms with Gasteiger partial charge in [-0.3, -0.25) is 0 Å². The molecule has 0 radical (unpaired) electrons. The Hall–Kier alpha value is -0.770. The number of carbonyl (C=O) groups excluding carboxylic acids is 1. The van der Waals surface area contributed by atoms with Crippen molar-refractivity contribution in [2.45, 2.75) is 31.7 Å². The summed E-state index contributed by atoms with van der Waals surface area (Å²) >= 11 is 0. The van der Waals surface area contributed by atoms with Gasteiger partial charge in [0.15, 0.2) is 0 Å². The predicted octanol–water partition coefficient (Wildman–Crippen LogP) is 1.12. The third kappa shape index (κ3) is 3.54. The van der Waals surface area contributed by atoms with Gasteiger partial charge in [0.05, 0.1) is 7.11 Å². The van der Waals surface area contributed by atoms with Gasteiger partial charge in [0, 0.05) is 12.6 Å². The standard InChI is InChI=1S/C10H20N2O2/c1-11-9-5-3-4-8(6-9)7-12-10(13)14-2/h8-9,11H,3-7H2,1-2H3,(H,12,13). The van der Waals surface area contributed by atoms with Crippen molar-refractivity contribution in [3.63, 3.8) is 0 Å². The van der Waals surface area contributed by atoms with Crippen molar-refractivity contribution in [2.24, 2.45) is 5.92 Å². The van der Waals surface area contributed by atoms with Crippen LogP contribution < -0.4 is 10.6 Å². The van der Waals surface area contributed by atoms with Crippen LogP contribution in [0.15, 0.2) is 0 Å². The largest absolute Gasteiger partial charge is 0.453 e. The Balaban J connectivity index is 2.20. The van der Waals surface area contributed by atoms with Crippen LogP contribution in [0.4, 0.5) is 4.79 Å². The molecule has 1 aliphatic carbocycles. The maximum atomic E-state index is 10.9. The number of ether oxygens (including phenoxy) is 1. The summed E-state index contributed by atoms with van der Waals surface area (Å²) in [5, 5.41) is 6.05. The highest BCUT2D eigenvalue weighted by molar-refractivity contribution is 5.66. The molecule has 1 aliphatic rings. The zero-order valence-electron chi connectivity index (χ0n) is 9.01. The second kappa shape index (κ2) is 5.86. The van der Waals surface area contributed by atoms with Crippen LogP contribution in [0.3, 0.4) is 0 Å². The molecule has 0 spiro atoms. The molecular weight excluding hydrogens is 180 g/mol. The highest BCUT2D eigenvalue weighted by atomic mass is 16.5. The number of carbonyl (C=O) groups is 1. The fourth-order valence-electron chi connectivity index (χ4n) is 2.04. The summed E-state index contributed by atoms with van der Waals surface area (Å²) in [5.41, 5.74) is 0. The lowest BCUT2D eigenvalue weighted by atomic mass is 9.86. The van der Waals surface area contributed by atoms with Crippen molar-refractivity contribution in [2.75, 3.05) is 20.7 Å². The number of rotatable bonds is 3. The molecule has 14 heavy (non-hydrogen) atoms. The van der Waals surface area contributed by atoms with E-state index >= 15 is 0 Å². The number of hydrogen-bond acceptors (Lipinski definition) is 3. The van der Waals surface area contributed by atoms with Crippen LogP contribution in [0.25, 0.3) is 0 Å². The Morgan fingerprint density at radius 1 is 1.50 bits per heavy atom. The molecule has 0 aliphatic heterocycles. The fraction of sp³-hybridized carbons (Fsp3) is 0.900. The fourth-order valence-corrected chi connectivity index (χ4v) is 2.04. The quantitative estimate of drug-likeness (QED) is 0.717. The molecule has 1 saturated carbocycles. The first-order valence-corrected chi connectivity index (χ1v) is 5.25. The lowest BCUT2D eigenvalue weighted by Gasteiger charge is -2.28. The van der Waals surface area contributed by atoms with Gasteiger partial charge in [0.25, 0.3) is 0 Å². The first-order valence-electron chi connectivity index (χ1n) is 5.25. The SMILES string of the molecule is CNC1CCCC(CNC(=O)OC)C1. The highest BCUT2D eigenvalue weighted by Crippen LogP contribution is 2.23. The zero-order valence-corrected chi connectivity index (χ0v) is 9.01. The van der Waals surface area contributed by atoms with Crippen LogP contribution in [-0.2, 0) is 4.74 Å². The summed E-state index contributed by atoms with van der Waals surface area (Å²) < 4.78 is 4.53. The second-order valence-corrected chi connectivity index (χ2v) is 3.89. The van der Waals surface area contributed by atoms with Gasteiger partial charge in [-0.25, -0.2) is 4.79 Å². The van der Waals surface area contributed by atoms with Crippen molar-refractivity contribution < 1.29 is 9.53 Å². The monoisotopic (exact) mass is 200 g/mol. The predicted molar refractivity (Wildman–Crippen MR) is 55.2 cm³/mol. The Labute approximate surface area is 85.4 Å². The molecule has 1 rings (SSSR count). The average molecular weight is 200 g/mol. The number of hydrogen-bond donors (Lipinski definition) is 2. The molecule has 4 nitrogen and oxygen atoms in total. The molecule has 82 valence electrons. The number of nitrogens with one attached hydrogen (secondary N) is 2. The molecule has 0 saturated heterocycles. The molecule has 1 fully saturated rings. The number of alkyl carbamates (subject to hydrolysis) is 1. The molecule has 0 heterocycles. The molecular formula is C10H20N2O2. The minimum Gasteiger partial charge on any atom is -0.453 e. The van der Waals surface area contributed by atoms with E-state index in [0.717, 1.165) is 13.0 Å². The van der Waals surface area contributed by atoms with Crippen molar-refractivity contribution in [1.29, 1.82) is 0 Å². The lowest BCUT2D eigenvalue weighted by Crippen LogP contribution is -2.37. The van der Waals surface area contributed by atoms with Gasteiger partial charge in [-0.05, 0) is 32.2 Å². The van der Waals surface area contributed by atoms with Gasteiger partial charge in [-0.15, -0.1) is 0 Å². The maximum absolute atomic E-state index is 10.9. The van der Waals surface area contributed by atoms with E-state index in [0.29, 0.717) is 12.0 Å². The molecule has 0 aromatic heterocycles. The zero-order chi connectivity index (χ0) is 10.4. The molecule has 1 amide bonds. The van der Waals surface area contributed by atoms with Crippen molar-refractivity contribution in [3.05, 3.63) is 0 Å². The Kier molecular flexibility index (Phi) is 4.73. The Morgan fingerprint density at radius 3 is 2.93 bits per heavy atom. The van der Waals surface area contributed by atoms with E-state index in [1.165, 1.54) is 26.4 Å². The normalized spacial score (nSPS) is 27.0. The van der Waals surface area contributed by atoms with Gasteiger partial charge in [0.2, 0.25) is 0 Å². The van der Waals surface area contributed by atoms with E-state index < -0.39 is 0 Å². The maximum Gasteiger partial charge on any atom is 0.406 e. The summed E-state index contributed by atoms with van der Waals surface area (Å²) in [6.07, 6.45) is 4.55. The minimum atomic E-state index is -0.323. The number of methoxy groups -OCH3 is 1. The van der Waals surface area contributed by atoms with Gasteiger partial charge < -0.3 is 15.4 Å². The third-order valence-electron chi connectivity index (χ3n) is 2.91. The van der Waals surface area contributed by atoms with Crippen LogP contribution in [0.5, 0.6) is 0 Å². The van der Waals surface area contributed by atoms with E-state index in [9.17, 15) is 4.79 Å². The van der Waals surface area contributed by atoms with Gasteiger partial charge in [-0.1, -0.05) is 6.42 Å². The summed E-state index contributed by atoms with van der Waals surface area (Å²) in [6, 6.07) is 0.619. The van der Waals surface area contributed by atoms with E-state index in [1.54, 1.807) is 0 Å².